The number of fused-ring (bicyclic) bond motifs is 1. The maximum Gasteiger partial charge on any atom is 0.187 e. The average Bonchev–Trinajstić information content (AvgIpc) is 3.18. The molecule has 1 aliphatic rings. The third-order valence-corrected chi connectivity index (χ3v) is 7.03. The fourth-order valence-corrected chi connectivity index (χ4v) is 4.02. The van der Waals surface area contributed by atoms with Crippen LogP contribution in [0.15, 0.2) is 21.1 Å². The Bertz CT molecular complexity index is 876. The molecule has 1 aliphatic heterocycles. The lowest BCUT2D eigenvalue weighted by Crippen LogP contribution is -2.61. The van der Waals surface area contributed by atoms with Gasteiger partial charge in [0.2, 0.25) is 0 Å². The van der Waals surface area contributed by atoms with Gasteiger partial charge in [-0.2, -0.15) is 0 Å². The van der Waals surface area contributed by atoms with Gasteiger partial charge in [0.25, 0.3) is 0 Å². The number of ether oxygens (including phenoxy) is 2. The van der Waals surface area contributed by atoms with Crippen molar-refractivity contribution in [2.45, 2.75) is 55.1 Å². The van der Waals surface area contributed by atoms with Gasteiger partial charge in [-0.25, -0.2) is 4.98 Å². The Kier molecular flexibility index (Phi) is 8.62. The molecule has 0 radical (unpaired) electrons. The monoisotopic (exact) mass is 586 g/mol. The number of nitrogens with zero attached hydrogens (tertiary/aromatic N) is 1. The summed E-state index contributed by atoms with van der Waals surface area (Å²) >= 11 is 6.68. The highest BCUT2D eigenvalue weighted by atomic mass is 79.9. The summed E-state index contributed by atoms with van der Waals surface area (Å²) in [5.74, 6) is -0.0648. The van der Waals surface area contributed by atoms with Crippen molar-refractivity contribution < 1.29 is 50.3 Å². The largest absolute Gasteiger partial charge is 0.394 e. The van der Waals surface area contributed by atoms with Crippen LogP contribution in [-0.4, -0.2) is 113 Å². The van der Waals surface area contributed by atoms with E-state index in [0.29, 0.717) is 15.5 Å². The molecule has 0 aliphatic carbocycles. The molecule has 1 saturated heterocycles. The van der Waals surface area contributed by atoms with E-state index in [4.69, 9.17) is 9.47 Å². The third kappa shape index (κ3) is 5.16. The molecular formula is C18H24Br2N2O10. The Morgan fingerprint density at radius 1 is 1.03 bits per heavy atom. The molecule has 1 aromatic carbocycles. The molecule has 32 heavy (non-hydrogen) atoms. The molecule has 8 unspecified atom stereocenters. The van der Waals surface area contributed by atoms with Crippen LogP contribution in [-0.2, 0) is 9.47 Å². The maximum absolute atomic E-state index is 10.7. The molecule has 1 aromatic heterocycles. The zero-order chi connectivity index (χ0) is 23.7. The molecule has 2 aromatic rings. The third-order valence-electron chi connectivity index (χ3n) is 5.19. The van der Waals surface area contributed by atoms with Crippen molar-refractivity contribution in [1.29, 1.82) is 0 Å². The molecular weight excluding hydrogens is 564 g/mol. The molecule has 9 atom stereocenters. The minimum atomic E-state index is -1.88. The number of aliphatic hydroxyl groups excluding tert-OH is 8. The van der Waals surface area contributed by atoms with Gasteiger partial charge in [0, 0.05) is 8.95 Å². The van der Waals surface area contributed by atoms with E-state index in [1.807, 2.05) is 0 Å². The summed E-state index contributed by atoms with van der Waals surface area (Å²) in [6.45, 7) is -1.60. The molecule has 3 rings (SSSR count). The van der Waals surface area contributed by atoms with Crippen LogP contribution in [0.3, 0.4) is 0 Å². The SMILES string of the molecule is OCC(O)C(OC1OC(CO)C(O)C(O)C1O)C(O)[C@H](O)c1nc2cc(Br)c(Br)cc2[nH]1. The number of imidazole rings is 1. The first-order chi connectivity index (χ1) is 15.1. The van der Waals surface area contributed by atoms with E-state index in [0.717, 1.165) is 4.47 Å². The minimum absolute atomic E-state index is 0.0648. The van der Waals surface area contributed by atoms with Gasteiger partial charge in [-0.05, 0) is 44.0 Å². The number of nitrogens with one attached hydrogen (secondary N) is 1. The van der Waals surface area contributed by atoms with E-state index >= 15 is 0 Å². The van der Waals surface area contributed by atoms with E-state index in [-0.39, 0.29) is 5.82 Å². The van der Waals surface area contributed by atoms with Crippen molar-refractivity contribution in [3.05, 3.63) is 26.9 Å². The first kappa shape index (κ1) is 25.9. The number of hydrogen-bond acceptors (Lipinski definition) is 11. The van der Waals surface area contributed by atoms with Crippen LogP contribution < -0.4 is 0 Å². The number of aromatic nitrogens is 2. The highest BCUT2D eigenvalue weighted by Gasteiger charge is 2.47. The van der Waals surface area contributed by atoms with Crippen LogP contribution in [0.5, 0.6) is 0 Å². The van der Waals surface area contributed by atoms with E-state index in [9.17, 15) is 40.9 Å². The fourth-order valence-electron chi connectivity index (χ4n) is 3.34. The van der Waals surface area contributed by atoms with Gasteiger partial charge in [0.05, 0.1) is 24.2 Å². The van der Waals surface area contributed by atoms with Crippen molar-refractivity contribution >= 4 is 42.9 Å². The van der Waals surface area contributed by atoms with Crippen molar-refractivity contribution in [2.24, 2.45) is 0 Å². The number of benzene rings is 1. The first-order valence-corrected chi connectivity index (χ1v) is 11.1. The second kappa shape index (κ2) is 10.7. The van der Waals surface area contributed by atoms with Crippen LogP contribution in [0.1, 0.15) is 11.9 Å². The molecule has 0 bridgehead atoms. The second-order valence-electron chi connectivity index (χ2n) is 7.39. The predicted molar refractivity (Wildman–Crippen MR) is 114 cm³/mol. The van der Waals surface area contributed by atoms with Crippen LogP contribution in [0.4, 0.5) is 0 Å². The number of hydrogen-bond donors (Lipinski definition) is 9. The van der Waals surface area contributed by atoms with E-state index in [2.05, 4.69) is 41.8 Å². The van der Waals surface area contributed by atoms with Crippen molar-refractivity contribution in [1.82, 2.24) is 9.97 Å². The Morgan fingerprint density at radius 3 is 2.31 bits per heavy atom. The number of H-pyrrole nitrogens is 1. The van der Waals surface area contributed by atoms with Crippen molar-refractivity contribution in [3.63, 3.8) is 0 Å². The standard InChI is InChI=1S/C18H24Br2N2O10/c19-5-1-7-8(2-6(5)20)22-17(21-7)14(29)13(28)16(9(25)3-23)32-18-15(30)12(27)11(26)10(4-24)31-18/h1-2,9-16,18,23-30H,3-4H2,(H,21,22)/t9?,10?,11?,12?,13?,14-,15?,16?,18?/m0/s1. The summed E-state index contributed by atoms with van der Waals surface area (Å²) in [6, 6.07) is 3.36. The predicted octanol–water partition coefficient (Wildman–Crippen LogP) is -1.98. The fraction of sp³-hybridized carbons (Fsp3) is 0.611. The normalized spacial score (nSPS) is 30.2. The summed E-state index contributed by atoms with van der Waals surface area (Å²) in [7, 11) is 0. The number of aliphatic hydroxyl groups is 8. The number of rotatable bonds is 8. The Labute approximate surface area is 198 Å². The summed E-state index contributed by atoms with van der Waals surface area (Å²) in [6.07, 6.45) is -15.3. The summed E-state index contributed by atoms with van der Waals surface area (Å²) in [4.78, 5) is 7.05. The van der Waals surface area contributed by atoms with Gasteiger partial charge in [-0.15, -0.1) is 0 Å². The summed E-state index contributed by atoms with van der Waals surface area (Å²) in [5.41, 5.74) is 1.01. The molecule has 12 nitrogen and oxygen atoms in total. The zero-order valence-electron chi connectivity index (χ0n) is 16.4. The topological polar surface area (TPSA) is 209 Å². The lowest BCUT2D eigenvalue weighted by atomic mass is 9.98. The second-order valence-corrected chi connectivity index (χ2v) is 9.10. The molecule has 2 heterocycles. The molecule has 0 spiro atoms. The highest BCUT2D eigenvalue weighted by Crippen LogP contribution is 2.31. The Morgan fingerprint density at radius 2 is 1.69 bits per heavy atom. The summed E-state index contributed by atoms with van der Waals surface area (Å²) < 4.78 is 12.0. The van der Waals surface area contributed by atoms with Gasteiger partial charge in [-0.1, -0.05) is 0 Å². The Balaban J connectivity index is 1.83. The van der Waals surface area contributed by atoms with E-state index < -0.39 is 68.3 Å². The molecule has 0 saturated carbocycles. The van der Waals surface area contributed by atoms with Gasteiger partial charge in [-0.3, -0.25) is 0 Å². The zero-order valence-corrected chi connectivity index (χ0v) is 19.5. The molecule has 0 amide bonds. The van der Waals surface area contributed by atoms with Crippen LogP contribution in [0.25, 0.3) is 11.0 Å². The minimum Gasteiger partial charge on any atom is -0.394 e. The van der Waals surface area contributed by atoms with Gasteiger partial charge in [0.1, 0.15) is 54.7 Å². The summed E-state index contributed by atoms with van der Waals surface area (Å²) in [5, 5.41) is 80.1. The van der Waals surface area contributed by atoms with Gasteiger partial charge >= 0.3 is 0 Å². The van der Waals surface area contributed by atoms with Crippen LogP contribution in [0.2, 0.25) is 0 Å². The van der Waals surface area contributed by atoms with Gasteiger partial charge < -0.3 is 55.3 Å². The lowest BCUT2D eigenvalue weighted by molar-refractivity contribution is -0.327. The number of aromatic amines is 1. The average molecular weight is 588 g/mol. The molecule has 14 heteroatoms. The van der Waals surface area contributed by atoms with Crippen molar-refractivity contribution in [2.75, 3.05) is 13.2 Å². The van der Waals surface area contributed by atoms with Crippen molar-refractivity contribution in [3.8, 4) is 0 Å². The highest BCUT2D eigenvalue weighted by molar-refractivity contribution is 9.13. The van der Waals surface area contributed by atoms with Crippen LogP contribution in [0, 0.1) is 0 Å². The first-order valence-electron chi connectivity index (χ1n) is 9.54. The van der Waals surface area contributed by atoms with Crippen LogP contribution >= 0.6 is 31.9 Å². The molecule has 1 fully saturated rings. The quantitative estimate of drug-likeness (QED) is 0.165. The van der Waals surface area contributed by atoms with E-state index in [1.165, 1.54) is 0 Å². The lowest BCUT2D eigenvalue weighted by Gasteiger charge is -2.42. The molecule has 180 valence electrons. The smallest absolute Gasteiger partial charge is 0.187 e. The molecule has 9 N–H and O–H groups in total. The maximum atomic E-state index is 10.7. The van der Waals surface area contributed by atoms with Gasteiger partial charge in [0.15, 0.2) is 6.29 Å². The van der Waals surface area contributed by atoms with E-state index in [1.54, 1.807) is 12.1 Å². The number of halogens is 2. The Hall–Kier alpha value is -0.750.